The molecule has 2 atom stereocenters. The van der Waals surface area contributed by atoms with Gasteiger partial charge in [-0.3, -0.25) is 14.6 Å². The Morgan fingerprint density at radius 3 is 2.95 bits per heavy atom. The smallest absolute Gasteiger partial charge is 0.255 e. The summed E-state index contributed by atoms with van der Waals surface area (Å²) in [6, 6.07) is 3.48. The Hall–Kier alpha value is -1.95. The number of carbonyl (C=O) groups is 2. The van der Waals surface area contributed by atoms with Crippen LogP contribution in [-0.4, -0.2) is 65.0 Å². The second kappa shape index (κ2) is 5.81. The molecule has 1 aromatic heterocycles. The summed E-state index contributed by atoms with van der Waals surface area (Å²) in [4.78, 5) is 31.9. The van der Waals surface area contributed by atoms with Crippen molar-refractivity contribution in [1.82, 2.24) is 14.8 Å². The molecule has 6 nitrogen and oxygen atoms in total. The molecule has 0 unspecified atom stereocenters. The van der Waals surface area contributed by atoms with E-state index in [1.807, 2.05) is 4.90 Å². The fourth-order valence-corrected chi connectivity index (χ4v) is 3.12. The van der Waals surface area contributed by atoms with Crippen molar-refractivity contribution < 1.29 is 14.3 Å². The second-order valence-electron chi connectivity index (χ2n) is 5.47. The van der Waals surface area contributed by atoms with E-state index in [0.717, 1.165) is 6.42 Å². The number of ether oxygens (including phenoxy) is 1. The molecule has 21 heavy (non-hydrogen) atoms. The van der Waals surface area contributed by atoms with Crippen LogP contribution in [-0.2, 0) is 9.53 Å². The maximum absolute atomic E-state index is 12.5. The Balaban J connectivity index is 1.75. The molecule has 0 N–H and O–H groups in total. The lowest BCUT2D eigenvalue weighted by molar-refractivity contribution is -0.149. The molecular weight excluding hydrogens is 270 g/mol. The van der Waals surface area contributed by atoms with Crippen molar-refractivity contribution in [3.63, 3.8) is 0 Å². The number of aromatic nitrogens is 1. The SMILES string of the molecule is CC(=O)N1CCO[C@@H]2CCN(C(=O)c3cccnc3)C[C@H]21. The van der Waals surface area contributed by atoms with Crippen LogP contribution >= 0.6 is 0 Å². The summed E-state index contributed by atoms with van der Waals surface area (Å²) in [5.74, 6) is 0.0135. The summed E-state index contributed by atoms with van der Waals surface area (Å²) in [6.07, 6.45) is 4.03. The highest BCUT2D eigenvalue weighted by molar-refractivity contribution is 5.94. The molecule has 0 spiro atoms. The van der Waals surface area contributed by atoms with E-state index in [4.69, 9.17) is 4.74 Å². The van der Waals surface area contributed by atoms with Crippen molar-refractivity contribution in [2.24, 2.45) is 0 Å². The molecule has 2 amide bonds. The zero-order valence-electron chi connectivity index (χ0n) is 12.1. The molecule has 2 saturated heterocycles. The standard InChI is InChI=1S/C15H19N3O3/c1-11(19)18-7-8-21-14-4-6-17(10-13(14)18)15(20)12-3-2-5-16-9-12/h2-3,5,9,13-14H,4,6-8,10H2,1H3/t13-,14-/m1/s1. The zero-order valence-corrected chi connectivity index (χ0v) is 12.1. The van der Waals surface area contributed by atoms with Gasteiger partial charge in [-0.1, -0.05) is 0 Å². The Morgan fingerprint density at radius 1 is 1.38 bits per heavy atom. The van der Waals surface area contributed by atoms with Crippen LogP contribution < -0.4 is 0 Å². The fourth-order valence-electron chi connectivity index (χ4n) is 3.12. The van der Waals surface area contributed by atoms with Gasteiger partial charge in [0.1, 0.15) is 0 Å². The third-order valence-electron chi connectivity index (χ3n) is 4.18. The van der Waals surface area contributed by atoms with E-state index in [1.54, 1.807) is 36.4 Å². The van der Waals surface area contributed by atoms with Crippen LogP contribution in [0.2, 0.25) is 0 Å². The number of amides is 2. The van der Waals surface area contributed by atoms with E-state index >= 15 is 0 Å². The first-order valence-corrected chi connectivity index (χ1v) is 7.25. The van der Waals surface area contributed by atoms with Gasteiger partial charge in [-0.2, -0.15) is 0 Å². The van der Waals surface area contributed by atoms with Crippen LogP contribution in [0.3, 0.4) is 0 Å². The van der Waals surface area contributed by atoms with Gasteiger partial charge in [0.2, 0.25) is 5.91 Å². The van der Waals surface area contributed by atoms with Crippen molar-refractivity contribution in [1.29, 1.82) is 0 Å². The highest BCUT2D eigenvalue weighted by Crippen LogP contribution is 2.24. The Labute approximate surface area is 123 Å². The monoisotopic (exact) mass is 289 g/mol. The average molecular weight is 289 g/mol. The molecule has 2 aliphatic rings. The molecule has 2 aliphatic heterocycles. The van der Waals surface area contributed by atoms with Crippen LogP contribution in [0.1, 0.15) is 23.7 Å². The molecule has 112 valence electrons. The van der Waals surface area contributed by atoms with E-state index in [2.05, 4.69) is 4.98 Å². The summed E-state index contributed by atoms with van der Waals surface area (Å²) in [6.45, 7) is 3.94. The lowest BCUT2D eigenvalue weighted by Gasteiger charge is -2.46. The van der Waals surface area contributed by atoms with Gasteiger partial charge in [-0.05, 0) is 18.6 Å². The minimum absolute atomic E-state index is 0.0318. The minimum atomic E-state index is -0.0365. The van der Waals surface area contributed by atoms with Gasteiger partial charge >= 0.3 is 0 Å². The molecular formula is C15H19N3O3. The Morgan fingerprint density at radius 2 is 2.24 bits per heavy atom. The second-order valence-corrected chi connectivity index (χ2v) is 5.47. The fraction of sp³-hybridized carbons (Fsp3) is 0.533. The number of fused-ring (bicyclic) bond motifs is 1. The number of likely N-dealkylation sites (tertiary alicyclic amines) is 1. The van der Waals surface area contributed by atoms with Crippen molar-refractivity contribution in [3.8, 4) is 0 Å². The van der Waals surface area contributed by atoms with Gasteiger partial charge < -0.3 is 14.5 Å². The van der Waals surface area contributed by atoms with E-state index in [1.165, 1.54) is 0 Å². The highest BCUT2D eigenvalue weighted by atomic mass is 16.5. The van der Waals surface area contributed by atoms with Gasteiger partial charge in [0, 0.05) is 39.0 Å². The number of hydrogen-bond acceptors (Lipinski definition) is 4. The number of carbonyl (C=O) groups excluding carboxylic acids is 2. The summed E-state index contributed by atoms with van der Waals surface area (Å²) in [5.41, 5.74) is 0.585. The first-order chi connectivity index (χ1) is 10.2. The summed E-state index contributed by atoms with van der Waals surface area (Å²) < 4.78 is 5.75. The van der Waals surface area contributed by atoms with Crippen LogP contribution in [0, 0.1) is 0 Å². The van der Waals surface area contributed by atoms with Crippen LogP contribution in [0.15, 0.2) is 24.5 Å². The first-order valence-electron chi connectivity index (χ1n) is 7.25. The molecule has 0 bridgehead atoms. The molecule has 0 saturated carbocycles. The highest BCUT2D eigenvalue weighted by Gasteiger charge is 2.39. The predicted molar refractivity (Wildman–Crippen MR) is 75.7 cm³/mol. The van der Waals surface area contributed by atoms with E-state index in [9.17, 15) is 9.59 Å². The van der Waals surface area contributed by atoms with Gasteiger partial charge in [0.25, 0.3) is 5.91 Å². The molecule has 0 radical (unpaired) electrons. The Kier molecular flexibility index (Phi) is 3.88. The number of rotatable bonds is 1. The number of morpholine rings is 1. The predicted octanol–water partition coefficient (Wildman–Crippen LogP) is 0.543. The lowest BCUT2D eigenvalue weighted by atomic mass is 9.98. The Bertz CT molecular complexity index is 534. The molecule has 0 aliphatic carbocycles. The van der Waals surface area contributed by atoms with E-state index < -0.39 is 0 Å². The van der Waals surface area contributed by atoms with Gasteiger partial charge in [0.05, 0.1) is 24.3 Å². The molecule has 1 aromatic rings. The van der Waals surface area contributed by atoms with Crippen LogP contribution in [0.25, 0.3) is 0 Å². The average Bonchev–Trinajstić information content (AvgIpc) is 2.53. The third-order valence-corrected chi connectivity index (χ3v) is 4.18. The van der Waals surface area contributed by atoms with Crippen molar-refractivity contribution in [2.75, 3.05) is 26.2 Å². The topological polar surface area (TPSA) is 62.7 Å². The molecule has 2 fully saturated rings. The quantitative estimate of drug-likeness (QED) is 0.757. The van der Waals surface area contributed by atoms with Gasteiger partial charge in [-0.25, -0.2) is 0 Å². The summed E-state index contributed by atoms with van der Waals surface area (Å²) in [5, 5.41) is 0. The van der Waals surface area contributed by atoms with Crippen LogP contribution in [0.4, 0.5) is 0 Å². The molecule has 6 heteroatoms. The van der Waals surface area contributed by atoms with E-state index in [0.29, 0.717) is 31.8 Å². The lowest BCUT2D eigenvalue weighted by Crippen LogP contribution is -2.61. The normalized spacial score (nSPS) is 25.4. The van der Waals surface area contributed by atoms with Crippen LogP contribution in [0.5, 0.6) is 0 Å². The van der Waals surface area contributed by atoms with Crippen molar-refractivity contribution >= 4 is 11.8 Å². The number of hydrogen-bond donors (Lipinski definition) is 0. The van der Waals surface area contributed by atoms with Crippen molar-refractivity contribution in [2.45, 2.75) is 25.5 Å². The molecule has 0 aromatic carbocycles. The largest absolute Gasteiger partial charge is 0.374 e. The minimum Gasteiger partial charge on any atom is -0.374 e. The third kappa shape index (κ3) is 2.76. The zero-order chi connectivity index (χ0) is 14.8. The maximum Gasteiger partial charge on any atom is 0.255 e. The number of nitrogens with zero attached hydrogens (tertiary/aromatic N) is 3. The van der Waals surface area contributed by atoms with E-state index in [-0.39, 0.29) is 24.0 Å². The maximum atomic E-state index is 12.5. The van der Waals surface area contributed by atoms with Gasteiger partial charge in [0.15, 0.2) is 0 Å². The number of piperidine rings is 1. The summed E-state index contributed by atoms with van der Waals surface area (Å²) >= 11 is 0. The van der Waals surface area contributed by atoms with Crippen molar-refractivity contribution in [3.05, 3.63) is 30.1 Å². The number of pyridine rings is 1. The summed E-state index contributed by atoms with van der Waals surface area (Å²) in [7, 11) is 0. The first kappa shape index (κ1) is 14.0. The molecule has 3 rings (SSSR count). The molecule has 3 heterocycles. The van der Waals surface area contributed by atoms with Gasteiger partial charge in [-0.15, -0.1) is 0 Å².